The van der Waals surface area contributed by atoms with Gasteiger partial charge >= 0.3 is 6.03 Å². The third-order valence-corrected chi connectivity index (χ3v) is 6.53. The molecule has 0 radical (unpaired) electrons. The summed E-state index contributed by atoms with van der Waals surface area (Å²) in [6, 6.07) is 21.4. The van der Waals surface area contributed by atoms with Crippen LogP contribution < -0.4 is 20.1 Å². The second kappa shape index (κ2) is 12.4. The van der Waals surface area contributed by atoms with E-state index in [0.29, 0.717) is 42.7 Å². The first-order valence-corrected chi connectivity index (χ1v) is 12.9. The van der Waals surface area contributed by atoms with E-state index in [4.69, 9.17) is 14.2 Å². The predicted octanol–water partition coefficient (Wildman–Crippen LogP) is 5.97. The zero-order chi connectivity index (χ0) is 26.2. The monoisotopic (exact) mass is 512 g/mol. The summed E-state index contributed by atoms with van der Waals surface area (Å²) in [5.41, 5.74) is 4.30. The third-order valence-electron chi connectivity index (χ3n) is 6.53. The molecule has 0 atom stereocenters. The summed E-state index contributed by atoms with van der Waals surface area (Å²) < 4.78 is 17.2. The topological polar surface area (TPSA) is 94.6 Å². The average molecular weight is 513 g/mol. The number of urea groups is 1. The molecule has 8 nitrogen and oxygen atoms in total. The molecule has 0 aliphatic heterocycles. The highest BCUT2D eigenvalue weighted by atomic mass is 16.5. The van der Waals surface area contributed by atoms with E-state index in [9.17, 15) is 4.79 Å². The lowest BCUT2D eigenvalue weighted by molar-refractivity contribution is 0.143. The normalized spacial score (nSPS) is 13.4. The summed E-state index contributed by atoms with van der Waals surface area (Å²) >= 11 is 0. The molecule has 2 aromatic carbocycles. The number of hydrogen-bond donors (Lipinski definition) is 2. The highest BCUT2D eigenvalue weighted by molar-refractivity contribution is 5.90. The molecule has 0 unspecified atom stereocenters. The molecule has 2 N–H and O–H groups in total. The van der Waals surface area contributed by atoms with Gasteiger partial charge in [0.1, 0.15) is 19.0 Å². The minimum absolute atomic E-state index is 0.225. The number of rotatable bonds is 10. The molecule has 5 rings (SSSR count). The number of benzene rings is 2. The SMILES string of the molecule is COCCOc1cc(-c2cnc3ccc(NC(=O)NC4CCCC4)nc3c2)ccc1OCc1ccccc1. The second-order valence-corrected chi connectivity index (χ2v) is 9.32. The minimum Gasteiger partial charge on any atom is -0.487 e. The number of anilines is 1. The molecule has 2 heterocycles. The van der Waals surface area contributed by atoms with Crippen LogP contribution in [0.2, 0.25) is 0 Å². The maximum atomic E-state index is 12.4. The van der Waals surface area contributed by atoms with Crippen molar-refractivity contribution in [1.29, 1.82) is 0 Å². The van der Waals surface area contributed by atoms with Crippen molar-refractivity contribution in [2.45, 2.75) is 38.3 Å². The van der Waals surface area contributed by atoms with Gasteiger partial charge in [0.25, 0.3) is 0 Å². The fourth-order valence-corrected chi connectivity index (χ4v) is 4.53. The number of carbonyl (C=O) groups excluding carboxylic acids is 1. The fourth-order valence-electron chi connectivity index (χ4n) is 4.53. The minimum atomic E-state index is -0.225. The van der Waals surface area contributed by atoms with Crippen molar-refractivity contribution in [3.05, 3.63) is 78.5 Å². The van der Waals surface area contributed by atoms with Gasteiger partial charge in [-0.05, 0) is 54.3 Å². The summed E-state index contributed by atoms with van der Waals surface area (Å²) in [6.45, 7) is 1.30. The molecule has 0 saturated heterocycles. The van der Waals surface area contributed by atoms with Gasteiger partial charge < -0.3 is 19.5 Å². The molecule has 1 saturated carbocycles. The number of carbonyl (C=O) groups is 1. The quantitative estimate of drug-likeness (QED) is 0.255. The molecule has 0 spiro atoms. The van der Waals surface area contributed by atoms with E-state index < -0.39 is 0 Å². The van der Waals surface area contributed by atoms with Gasteiger partial charge in [-0.15, -0.1) is 0 Å². The van der Waals surface area contributed by atoms with Crippen LogP contribution in [0.3, 0.4) is 0 Å². The van der Waals surface area contributed by atoms with Gasteiger partial charge in [0.2, 0.25) is 0 Å². The smallest absolute Gasteiger partial charge is 0.320 e. The van der Waals surface area contributed by atoms with Crippen molar-refractivity contribution in [1.82, 2.24) is 15.3 Å². The van der Waals surface area contributed by atoms with Gasteiger partial charge in [-0.25, -0.2) is 9.78 Å². The van der Waals surface area contributed by atoms with Crippen LogP contribution >= 0.6 is 0 Å². The van der Waals surface area contributed by atoms with Crippen molar-refractivity contribution >= 4 is 22.9 Å². The molecule has 8 heteroatoms. The highest BCUT2D eigenvalue weighted by Crippen LogP contribution is 2.34. The maximum absolute atomic E-state index is 12.4. The van der Waals surface area contributed by atoms with E-state index in [1.165, 1.54) is 0 Å². The van der Waals surface area contributed by atoms with Gasteiger partial charge in [0.05, 0.1) is 17.6 Å². The molecule has 0 bridgehead atoms. The number of amides is 2. The molecule has 4 aromatic rings. The highest BCUT2D eigenvalue weighted by Gasteiger charge is 2.17. The van der Waals surface area contributed by atoms with Gasteiger partial charge in [-0.3, -0.25) is 10.3 Å². The zero-order valence-electron chi connectivity index (χ0n) is 21.5. The number of methoxy groups -OCH3 is 1. The van der Waals surface area contributed by atoms with Crippen LogP contribution in [-0.2, 0) is 11.3 Å². The first-order chi connectivity index (χ1) is 18.7. The summed E-state index contributed by atoms with van der Waals surface area (Å²) in [5, 5.41) is 5.88. The van der Waals surface area contributed by atoms with Gasteiger partial charge in [-0.1, -0.05) is 49.2 Å². The van der Waals surface area contributed by atoms with Crippen LogP contribution in [0, 0.1) is 0 Å². The summed E-state index contributed by atoms with van der Waals surface area (Å²) in [7, 11) is 1.64. The van der Waals surface area contributed by atoms with E-state index in [2.05, 4.69) is 20.6 Å². The fraction of sp³-hybridized carbons (Fsp3) is 0.300. The molecule has 1 aliphatic carbocycles. The van der Waals surface area contributed by atoms with Crippen LogP contribution in [0.4, 0.5) is 10.6 Å². The zero-order valence-corrected chi connectivity index (χ0v) is 21.5. The van der Waals surface area contributed by atoms with Crippen LogP contribution in [0.5, 0.6) is 11.5 Å². The predicted molar refractivity (Wildman–Crippen MR) is 148 cm³/mol. The molecular formula is C30H32N4O4. The Morgan fingerprint density at radius 1 is 0.895 bits per heavy atom. The Balaban J connectivity index is 1.35. The van der Waals surface area contributed by atoms with Crippen LogP contribution in [0.25, 0.3) is 22.2 Å². The molecule has 2 amide bonds. The van der Waals surface area contributed by atoms with Crippen molar-refractivity contribution in [2.24, 2.45) is 0 Å². The number of nitrogens with one attached hydrogen (secondary N) is 2. The van der Waals surface area contributed by atoms with E-state index in [-0.39, 0.29) is 12.1 Å². The largest absolute Gasteiger partial charge is 0.487 e. The Hall–Kier alpha value is -4.17. The number of fused-ring (bicyclic) bond motifs is 1. The molecule has 196 valence electrons. The van der Waals surface area contributed by atoms with Crippen LogP contribution in [0.15, 0.2) is 72.9 Å². The van der Waals surface area contributed by atoms with Crippen molar-refractivity contribution < 1.29 is 19.0 Å². The number of ether oxygens (including phenoxy) is 3. The molecule has 1 fully saturated rings. The number of pyridine rings is 2. The van der Waals surface area contributed by atoms with Crippen LogP contribution in [0.1, 0.15) is 31.2 Å². The maximum Gasteiger partial charge on any atom is 0.320 e. The Kier molecular flexibility index (Phi) is 8.30. The van der Waals surface area contributed by atoms with Gasteiger partial charge in [0.15, 0.2) is 11.5 Å². The van der Waals surface area contributed by atoms with E-state index in [0.717, 1.165) is 47.9 Å². The molecular weight excluding hydrogens is 480 g/mol. The Labute approximate surface area is 222 Å². The van der Waals surface area contributed by atoms with E-state index >= 15 is 0 Å². The molecule has 38 heavy (non-hydrogen) atoms. The van der Waals surface area contributed by atoms with E-state index in [1.54, 1.807) is 13.2 Å². The molecule has 2 aromatic heterocycles. The molecule has 1 aliphatic rings. The first-order valence-electron chi connectivity index (χ1n) is 12.9. The summed E-state index contributed by atoms with van der Waals surface area (Å²) in [6.07, 6.45) is 6.18. The average Bonchev–Trinajstić information content (AvgIpc) is 3.45. The second-order valence-electron chi connectivity index (χ2n) is 9.32. The van der Waals surface area contributed by atoms with Crippen molar-refractivity contribution in [2.75, 3.05) is 25.6 Å². The number of aromatic nitrogens is 2. The summed E-state index contributed by atoms with van der Waals surface area (Å²) in [4.78, 5) is 21.6. The van der Waals surface area contributed by atoms with Crippen molar-refractivity contribution in [3.8, 4) is 22.6 Å². The Bertz CT molecular complexity index is 1370. The van der Waals surface area contributed by atoms with Crippen molar-refractivity contribution in [3.63, 3.8) is 0 Å². The Morgan fingerprint density at radius 3 is 2.55 bits per heavy atom. The summed E-state index contributed by atoms with van der Waals surface area (Å²) in [5.74, 6) is 1.77. The van der Waals surface area contributed by atoms with Gasteiger partial charge in [0, 0.05) is 24.9 Å². The number of nitrogens with zero attached hydrogens (tertiary/aromatic N) is 2. The lowest BCUT2D eigenvalue weighted by Gasteiger charge is -2.15. The van der Waals surface area contributed by atoms with E-state index in [1.807, 2.05) is 66.9 Å². The third kappa shape index (κ3) is 6.58. The number of hydrogen-bond acceptors (Lipinski definition) is 6. The van der Waals surface area contributed by atoms with Crippen LogP contribution in [-0.4, -0.2) is 42.4 Å². The standard InChI is InChI=1S/C30H32N4O4/c1-36-15-16-37-28-18-22(11-13-27(28)38-20-21-7-3-2-4-8-21)23-17-26-25(31-19-23)12-14-29(33-26)34-30(35)32-24-9-5-6-10-24/h2-4,7-8,11-14,17-19,24H,5-6,9-10,15-16,20H2,1H3,(H2,32,33,34,35). The Morgan fingerprint density at radius 2 is 1.74 bits per heavy atom. The first kappa shape index (κ1) is 25.5. The lowest BCUT2D eigenvalue weighted by atomic mass is 10.1. The lowest BCUT2D eigenvalue weighted by Crippen LogP contribution is -2.36. The van der Waals surface area contributed by atoms with Gasteiger partial charge in [-0.2, -0.15) is 0 Å².